The number of nitrogens with one attached hydrogen (secondary N) is 2. The number of fused-ring (bicyclic) bond motifs is 1. The van der Waals surface area contributed by atoms with E-state index in [2.05, 4.69) is 21.8 Å². The van der Waals surface area contributed by atoms with Gasteiger partial charge in [-0.25, -0.2) is 0 Å². The Morgan fingerprint density at radius 2 is 2.00 bits per heavy atom. The van der Waals surface area contributed by atoms with Crippen molar-refractivity contribution in [2.75, 3.05) is 25.0 Å². The van der Waals surface area contributed by atoms with Crippen LogP contribution in [0.3, 0.4) is 0 Å². The van der Waals surface area contributed by atoms with Crippen molar-refractivity contribution in [3.8, 4) is 5.75 Å². The largest absolute Gasteiger partial charge is 0.506 e. The fourth-order valence-electron chi connectivity index (χ4n) is 3.72. The maximum Gasteiger partial charge on any atom is 0.246 e. The van der Waals surface area contributed by atoms with Gasteiger partial charge in [-0.05, 0) is 12.1 Å². The van der Waals surface area contributed by atoms with Gasteiger partial charge < -0.3 is 20.3 Å². The van der Waals surface area contributed by atoms with Crippen molar-refractivity contribution >= 4 is 40.6 Å². The molecule has 9 heteroatoms. The van der Waals surface area contributed by atoms with Crippen molar-refractivity contribution in [1.82, 2.24) is 14.8 Å². The standard InChI is InChI=1S/C20H20Cl2N4O3/c1-2-20(29)26-8-11(9-26)25-4-3-15-12(10-25)17(27)7-19(23-15)24-16-5-13(21)14(22)6-18(16)28/h2,5-7,11,28H,1,3-4,8-10H2,(H2,23,24,27). The summed E-state index contributed by atoms with van der Waals surface area (Å²) in [7, 11) is 0. The molecule has 2 aliphatic heterocycles. The Morgan fingerprint density at radius 1 is 1.28 bits per heavy atom. The molecule has 2 aliphatic rings. The van der Waals surface area contributed by atoms with Crippen LogP contribution in [0.4, 0.5) is 11.5 Å². The molecule has 1 aromatic carbocycles. The number of aromatic nitrogens is 1. The van der Waals surface area contributed by atoms with Gasteiger partial charge >= 0.3 is 0 Å². The number of phenolic OH excluding ortho intramolecular Hbond substituents is 1. The lowest BCUT2D eigenvalue weighted by Crippen LogP contribution is -2.61. The first-order valence-electron chi connectivity index (χ1n) is 9.21. The van der Waals surface area contributed by atoms with Gasteiger partial charge in [-0.1, -0.05) is 29.8 Å². The molecule has 0 bridgehead atoms. The number of hydrogen-bond acceptors (Lipinski definition) is 5. The minimum absolute atomic E-state index is 0.0576. The number of carbonyl (C=O) groups excluding carboxylic acids is 1. The van der Waals surface area contributed by atoms with Gasteiger partial charge in [-0.3, -0.25) is 14.5 Å². The van der Waals surface area contributed by atoms with Crippen LogP contribution in [-0.2, 0) is 17.8 Å². The first-order valence-corrected chi connectivity index (χ1v) is 9.97. The highest BCUT2D eigenvalue weighted by Crippen LogP contribution is 2.34. The number of anilines is 2. The second-order valence-electron chi connectivity index (χ2n) is 7.23. The number of benzene rings is 1. The summed E-state index contributed by atoms with van der Waals surface area (Å²) in [6.07, 6.45) is 2.02. The highest BCUT2D eigenvalue weighted by atomic mass is 35.5. The lowest BCUT2D eigenvalue weighted by Gasteiger charge is -2.46. The second kappa shape index (κ2) is 7.74. The minimum Gasteiger partial charge on any atom is -0.506 e. The molecule has 3 N–H and O–H groups in total. The molecule has 0 aliphatic carbocycles. The number of amides is 1. The summed E-state index contributed by atoms with van der Waals surface area (Å²) in [5, 5.41) is 13.6. The molecule has 1 aromatic heterocycles. The molecular formula is C20H20Cl2N4O3. The van der Waals surface area contributed by atoms with Gasteiger partial charge in [0.25, 0.3) is 0 Å². The predicted molar refractivity (Wildman–Crippen MR) is 113 cm³/mol. The number of pyridine rings is 1. The monoisotopic (exact) mass is 434 g/mol. The molecule has 0 atom stereocenters. The molecule has 29 heavy (non-hydrogen) atoms. The molecular weight excluding hydrogens is 415 g/mol. The zero-order valence-electron chi connectivity index (χ0n) is 15.5. The van der Waals surface area contributed by atoms with Gasteiger partial charge in [-0.2, -0.15) is 0 Å². The van der Waals surface area contributed by atoms with Crippen LogP contribution in [0.2, 0.25) is 10.0 Å². The van der Waals surface area contributed by atoms with Crippen LogP contribution < -0.4 is 10.7 Å². The normalized spacial score (nSPS) is 16.8. The Hall–Kier alpha value is -2.48. The first-order chi connectivity index (χ1) is 13.9. The van der Waals surface area contributed by atoms with Gasteiger partial charge in [0.2, 0.25) is 5.91 Å². The maximum atomic E-state index is 12.7. The third-order valence-electron chi connectivity index (χ3n) is 5.41. The molecule has 0 spiro atoms. The Labute approximate surface area is 177 Å². The SMILES string of the molecule is C=CC(=O)N1CC(N2CCc3[nH]c(Nc4cc(Cl)c(Cl)cc4O)cc(=O)c3C2)C1. The van der Waals surface area contributed by atoms with E-state index in [9.17, 15) is 14.7 Å². The van der Waals surface area contributed by atoms with E-state index in [1.165, 1.54) is 24.3 Å². The average molecular weight is 435 g/mol. The van der Waals surface area contributed by atoms with Crippen LogP contribution in [0.1, 0.15) is 11.3 Å². The van der Waals surface area contributed by atoms with Crippen molar-refractivity contribution in [3.63, 3.8) is 0 Å². The third-order valence-corrected chi connectivity index (χ3v) is 6.13. The number of nitrogens with zero attached hydrogens (tertiary/aromatic N) is 2. The van der Waals surface area contributed by atoms with Gasteiger partial charge in [0.15, 0.2) is 5.43 Å². The van der Waals surface area contributed by atoms with Crippen LogP contribution in [-0.4, -0.2) is 51.5 Å². The molecule has 1 amide bonds. The fourth-order valence-corrected chi connectivity index (χ4v) is 4.04. The van der Waals surface area contributed by atoms with Gasteiger partial charge in [0, 0.05) is 62.0 Å². The number of carbonyl (C=O) groups is 1. The number of hydrogen-bond donors (Lipinski definition) is 3. The zero-order valence-corrected chi connectivity index (χ0v) is 17.1. The number of halogens is 2. The number of H-pyrrole nitrogens is 1. The number of phenols is 1. The molecule has 0 saturated carbocycles. The summed E-state index contributed by atoms with van der Waals surface area (Å²) in [6, 6.07) is 4.58. The van der Waals surface area contributed by atoms with Crippen molar-refractivity contribution in [2.24, 2.45) is 0 Å². The molecule has 1 saturated heterocycles. The van der Waals surface area contributed by atoms with E-state index in [0.29, 0.717) is 42.6 Å². The number of aromatic hydroxyl groups is 1. The average Bonchev–Trinajstić information content (AvgIpc) is 2.65. The van der Waals surface area contributed by atoms with Gasteiger partial charge in [-0.15, -0.1) is 0 Å². The predicted octanol–water partition coefficient (Wildman–Crippen LogP) is 2.89. The fraction of sp³-hybridized carbons (Fsp3) is 0.300. The smallest absolute Gasteiger partial charge is 0.246 e. The number of likely N-dealkylation sites (tertiary alicyclic amines) is 1. The highest BCUT2D eigenvalue weighted by Gasteiger charge is 2.35. The van der Waals surface area contributed by atoms with Gasteiger partial charge in [0.1, 0.15) is 11.6 Å². The number of rotatable bonds is 4. The Bertz CT molecular complexity index is 1050. The van der Waals surface area contributed by atoms with Crippen molar-refractivity contribution < 1.29 is 9.90 Å². The van der Waals surface area contributed by atoms with E-state index < -0.39 is 0 Å². The molecule has 2 aromatic rings. The van der Waals surface area contributed by atoms with E-state index >= 15 is 0 Å². The molecule has 152 valence electrons. The van der Waals surface area contributed by atoms with Gasteiger partial charge in [0.05, 0.1) is 15.7 Å². The molecule has 3 heterocycles. The lowest BCUT2D eigenvalue weighted by atomic mass is 9.99. The highest BCUT2D eigenvalue weighted by molar-refractivity contribution is 6.42. The Morgan fingerprint density at radius 3 is 2.72 bits per heavy atom. The summed E-state index contributed by atoms with van der Waals surface area (Å²) in [5.41, 5.74) is 1.88. The zero-order chi connectivity index (χ0) is 20.7. The summed E-state index contributed by atoms with van der Waals surface area (Å²) in [5.74, 6) is 0.354. The number of aromatic amines is 1. The molecule has 7 nitrogen and oxygen atoms in total. The summed E-state index contributed by atoms with van der Waals surface area (Å²) in [6.45, 7) is 6.17. The van der Waals surface area contributed by atoms with E-state index in [0.717, 1.165) is 17.8 Å². The van der Waals surface area contributed by atoms with E-state index in [1.807, 2.05) is 0 Å². The van der Waals surface area contributed by atoms with Crippen LogP contribution in [0, 0.1) is 0 Å². The summed E-state index contributed by atoms with van der Waals surface area (Å²) >= 11 is 11.9. The van der Waals surface area contributed by atoms with Crippen molar-refractivity contribution in [2.45, 2.75) is 19.0 Å². The second-order valence-corrected chi connectivity index (χ2v) is 8.05. The van der Waals surface area contributed by atoms with Crippen LogP contribution >= 0.6 is 23.2 Å². The van der Waals surface area contributed by atoms with Crippen LogP contribution in [0.15, 0.2) is 35.6 Å². The molecule has 0 unspecified atom stereocenters. The van der Waals surface area contributed by atoms with Crippen molar-refractivity contribution in [1.29, 1.82) is 0 Å². The Kier molecular flexibility index (Phi) is 5.29. The van der Waals surface area contributed by atoms with E-state index in [1.54, 1.807) is 4.90 Å². The van der Waals surface area contributed by atoms with E-state index in [-0.39, 0.29) is 28.1 Å². The van der Waals surface area contributed by atoms with Crippen molar-refractivity contribution in [3.05, 3.63) is 62.4 Å². The van der Waals surface area contributed by atoms with E-state index in [4.69, 9.17) is 23.2 Å². The first kappa shape index (κ1) is 19.8. The quantitative estimate of drug-likeness (QED) is 0.508. The van der Waals surface area contributed by atoms with Crippen LogP contribution in [0.25, 0.3) is 0 Å². The Balaban J connectivity index is 1.49. The lowest BCUT2D eigenvalue weighted by molar-refractivity contribution is -0.133. The topological polar surface area (TPSA) is 88.7 Å². The molecule has 1 fully saturated rings. The molecule has 0 radical (unpaired) electrons. The van der Waals surface area contributed by atoms with Crippen LogP contribution in [0.5, 0.6) is 5.75 Å². The minimum atomic E-state index is -0.0798. The molecule has 4 rings (SSSR count). The summed E-state index contributed by atoms with van der Waals surface area (Å²) in [4.78, 5) is 31.5. The summed E-state index contributed by atoms with van der Waals surface area (Å²) < 4.78 is 0. The maximum absolute atomic E-state index is 12.7. The third kappa shape index (κ3) is 3.85.